The molecule has 0 spiro atoms. The lowest BCUT2D eigenvalue weighted by Gasteiger charge is -2.26. The third kappa shape index (κ3) is 3.77. The smallest absolute Gasteiger partial charge is 0.241 e. The molecule has 0 saturated carbocycles. The van der Waals surface area contributed by atoms with Crippen LogP contribution in [0.25, 0.3) is 21.9 Å². The van der Waals surface area contributed by atoms with Crippen LogP contribution in [0.1, 0.15) is 17.0 Å². The number of fused-ring (bicyclic) bond motifs is 3. The summed E-state index contributed by atoms with van der Waals surface area (Å²) in [6.45, 7) is 2.47. The van der Waals surface area contributed by atoms with Crippen molar-refractivity contribution < 1.29 is 18.3 Å². The topological polar surface area (TPSA) is 163 Å². The first-order valence-electron chi connectivity index (χ1n) is 11.2. The third-order valence-corrected chi connectivity index (χ3v) is 7.63. The van der Waals surface area contributed by atoms with Gasteiger partial charge in [-0.05, 0) is 30.0 Å². The van der Waals surface area contributed by atoms with E-state index in [1.54, 1.807) is 23.7 Å². The van der Waals surface area contributed by atoms with Crippen LogP contribution < -0.4 is 21.1 Å². The Hall–Kier alpha value is -3.94. The number of carbonyl (C=O) groups is 1. The number of rotatable bonds is 3. The molecule has 13 heteroatoms. The highest BCUT2D eigenvalue weighted by molar-refractivity contribution is 8.25. The quantitative estimate of drug-likeness (QED) is 0.226. The highest BCUT2D eigenvalue weighted by atomic mass is 32.3. The Morgan fingerprint density at radius 1 is 1.17 bits per heavy atom. The minimum Gasteiger partial charge on any atom is -0.396 e. The van der Waals surface area contributed by atoms with E-state index in [1.165, 1.54) is 12.4 Å². The maximum Gasteiger partial charge on any atom is 0.241 e. The van der Waals surface area contributed by atoms with Gasteiger partial charge in [0.25, 0.3) is 0 Å². The SMILES string of the molecule is Cc1c(-c2cc3cc(Nc4cc5n(n4)CC(=O)NCC5)ncc3c(N)c2F)cnc2c1NS(O)(O)C2. The summed E-state index contributed by atoms with van der Waals surface area (Å²) >= 11 is 0. The van der Waals surface area contributed by atoms with Crippen LogP contribution in [0, 0.1) is 12.7 Å². The predicted octanol–water partition coefficient (Wildman–Crippen LogP) is 3.53. The van der Waals surface area contributed by atoms with Gasteiger partial charge in [0.15, 0.2) is 11.6 Å². The Kier molecular flexibility index (Phi) is 5.03. The Morgan fingerprint density at radius 3 is 2.83 bits per heavy atom. The zero-order valence-corrected chi connectivity index (χ0v) is 20.0. The van der Waals surface area contributed by atoms with Gasteiger partial charge in [0.05, 0.1) is 17.1 Å². The van der Waals surface area contributed by atoms with Crippen LogP contribution in [0.4, 0.5) is 27.4 Å². The number of anilines is 4. The van der Waals surface area contributed by atoms with E-state index in [2.05, 4.69) is 30.4 Å². The first kappa shape index (κ1) is 22.5. The maximum atomic E-state index is 15.4. The molecule has 1 amide bonds. The van der Waals surface area contributed by atoms with Gasteiger partial charge in [-0.1, -0.05) is 0 Å². The molecule has 0 radical (unpaired) electrons. The first-order valence-corrected chi connectivity index (χ1v) is 12.9. The summed E-state index contributed by atoms with van der Waals surface area (Å²) in [6, 6.07) is 5.29. The summed E-state index contributed by atoms with van der Waals surface area (Å²) < 4.78 is 39.8. The van der Waals surface area contributed by atoms with Gasteiger partial charge in [0, 0.05) is 53.6 Å². The van der Waals surface area contributed by atoms with Crippen molar-refractivity contribution in [3.63, 3.8) is 0 Å². The van der Waals surface area contributed by atoms with E-state index < -0.39 is 16.6 Å². The lowest BCUT2D eigenvalue weighted by atomic mass is 9.96. The summed E-state index contributed by atoms with van der Waals surface area (Å²) in [5, 5.41) is 11.5. The van der Waals surface area contributed by atoms with Crippen LogP contribution in [0.3, 0.4) is 0 Å². The number of nitrogen functional groups attached to an aromatic ring is 1. The van der Waals surface area contributed by atoms with E-state index in [0.29, 0.717) is 57.9 Å². The lowest BCUT2D eigenvalue weighted by Crippen LogP contribution is -2.25. The molecule has 3 aromatic heterocycles. The Labute approximate surface area is 206 Å². The molecule has 4 aromatic rings. The van der Waals surface area contributed by atoms with E-state index in [-0.39, 0.29) is 29.5 Å². The molecule has 0 fully saturated rings. The minimum absolute atomic E-state index is 0.00857. The van der Waals surface area contributed by atoms with Crippen molar-refractivity contribution in [3.8, 4) is 11.1 Å². The number of halogens is 1. The fourth-order valence-corrected chi connectivity index (χ4v) is 5.90. The first-order chi connectivity index (χ1) is 17.2. The van der Waals surface area contributed by atoms with E-state index >= 15 is 4.39 Å². The molecular formula is C23H23FN8O3S. The second-order valence-electron chi connectivity index (χ2n) is 8.88. The lowest BCUT2D eigenvalue weighted by molar-refractivity contribution is -0.121. The summed E-state index contributed by atoms with van der Waals surface area (Å²) in [5.41, 5.74) is 9.44. The van der Waals surface area contributed by atoms with Gasteiger partial charge in [-0.15, -0.1) is 10.8 Å². The van der Waals surface area contributed by atoms with Crippen LogP contribution in [0.15, 0.2) is 30.6 Å². The van der Waals surface area contributed by atoms with Crippen molar-refractivity contribution in [3.05, 3.63) is 53.4 Å². The molecule has 0 aliphatic carbocycles. The van der Waals surface area contributed by atoms with Crippen LogP contribution >= 0.6 is 10.8 Å². The summed E-state index contributed by atoms with van der Waals surface area (Å²) in [7, 11) is -3.00. The second-order valence-corrected chi connectivity index (χ2v) is 10.7. The number of hydrogen-bond acceptors (Lipinski definition) is 9. The van der Waals surface area contributed by atoms with Crippen molar-refractivity contribution >= 4 is 50.5 Å². The molecule has 2 aliphatic heterocycles. The number of nitrogens with zero attached hydrogens (tertiary/aromatic N) is 4. The molecule has 1 aromatic carbocycles. The van der Waals surface area contributed by atoms with Crippen molar-refractivity contribution in [2.75, 3.05) is 22.3 Å². The number of amides is 1. The molecule has 186 valence electrons. The normalized spacial score (nSPS) is 17.1. The fraction of sp³-hybridized carbons (Fsp3) is 0.217. The van der Waals surface area contributed by atoms with Crippen molar-refractivity contribution in [2.45, 2.75) is 25.6 Å². The second kappa shape index (κ2) is 8.05. The minimum atomic E-state index is -3.00. The number of aromatic nitrogens is 4. The Balaban J connectivity index is 1.38. The van der Waals surface area contributed by atoms with Crippen LogP contribution in [-0.2, 0) is 23.5 Å². The molecule has 2 aliphatic rings. The molecule has 36 heavy (non-hydrogen) atoms. The number of pyridine rings is 2. The summed E-state index contributed by atoms with van der Waals surface area (Å²) in [6.07, 6.45) is 3.69. The van der Waals surface area contributed by atoms with E-state index in [1.807, 2.05) is 6.07 Å². The zero-order valence-electron chi connectivity index (χ0n) is 19.2. The van der Waals surface area contributed by atoms with Gasteiger partial charge in [-0.2, -0.15) is 5.10 Å². The predicted molar refractivity (Wildman–Crippen MR) is 136 cm³/mol. The third-order valence-electron chi connectivity index (χ3n) is 6.43. The van der Waals surface area contributed by atoms with Crippen molar-refractivity contribution in [1.82, 2.24) is 25.1 Å². The van der Waals surface area contributed by atoms with Gasteiger partial charge < -0.3 is 16.4 Å². The van der Waals surface area contributed by atoms with E-state index in [4.69, 9.17) is 5.73 Å². The average molecular weight is 511 g/mol. The summed E-state index contributed by atoms with van der Waals surface area (Å²) in [4.78, 5) is 20.5. The maximum absolute atomic E-state index is 15.4. The number of benzene rings is 1. The van der Waals surface area contributed by atoms with Crippen LogP contribution in [0.5, 0.6) is 0 Å². The molecular weight excluding hydrogens is 487 g/mol. The molecule has 0 atom stereocenters. The summed E-state index contributed by atoms with van der Waals surface area (Å²) in [5.74, 6) is 0.348. The van der Waals surface area contributed by atoms with Gasteiger partial charge in [-0.25, -0.2) is 9.37 Å². The molecule has 0 unspecified atom stereocenters. The average Bonchev–Trinajstić information content (AvgIpc) is 3.29. The van der Waals surface area contributed by atoms with Crippen LogP contribution in [-0.4, -0.2) is 41.3 Å². The molecule has 0 saturated heterocycles. The largest absolute Gasteiger partial charge is 0.396 e. The van der Waals surface area contributed by atoms with E-state index in [9.17, 15) is 13.9 Å². The number of nitrogens with one attached hydrogen (secondary N) is 3. The fourth-order valence-electron chi connectivity index (χ4n) is 4.63. The van der Waals surface area contributed by atoms with Crippen LogP contribution in [0.2, 0.25) is 0 Å². The highest BCUT2D eigenvalue weighted by Gasteiger charge is 2.29. The monoisotopic (exact) mass is 510 g/mol. The van der Waals surface area contributed by atoms with E-state index in [0.717, 1.165) is 5.69 Å². The van der Waals surface area contributed by atoms with Gasteiger partial charge >= 0.3 is 0 Å². The molecule has 7 N–H and O–H groups in total. The van der Waals surface area contributed by atoms with Gasteiger partial charge in [0.2, 0.25) is 5.91 Å². The van der Waals surface area contributed by atoms with Crippen molar-refractivity contribution in [1.29, 1.82) is 0 Å². The van der Waals surface area contributed by atoms with Gasteiger partial charge in [0.1, 0.15) is 18.1 Å². The molecule has 6 rings (SSSR count). The number of hydrogen-bond donors (Lipinski definition) is 6. The standard InChI is InChI=1S/C23H23FN8O3S/c1-11-15(7-27-17-10-36(34,35)31-23(11)17)14-4-12-5-18(28-8-16(12)22(25)21(14)24)29-19-6-13-2-3-26-20(33)9-32(13)30-19/h4-8,31,34-35H,2-3,9-10,25H2,1H3,(H,26,33)(H,28,29,30). The number of carbonyl (C=O) groups excluding carboxylic acids is 1. The molecule has 11 nitrogen and oxygen atoms in total. The Morgan fingerprint density at radius 2 is 2.00 bits per heavy atom. The number of nitrogens with two attached hydrogens (primary N) is 1. The highest BCUT2D eigenvalue weighted by Crippen LogP contribution is 2.52. The Bertz CT molecular complexity index is 1570. The van der Waals surface area contributed by atoms with Crippen molar-refractivity contribution in [2.24, 2.45) is 0 Å². The van der Waals surface area contributed by atoms with Gasteiger partial charge in [-0.3, -0.25) is 28.3 Å². The molecule has 0 bridgehead atoms. The zero-order chi connectivity index (χ0) is 25.2. The molecule has 5 heterocycles.